The maximum absolute atomic E-state index is 5.27. The van der Waals surface area contributed by atoms with Gasteiger partial charge in [0.15, 0.2) is 0 Å². The van der Waals surface area contributed by atoms with Crippen LogP contribution >= 0.6 is 0 Å². The number of nitrogens with zero attached hydrogens (tertiary/aromatic N) is 1. The standard InChI is InChI=1S/C26H37N.C2H6/c1-16(2)21-12-10-13-22(17(3)4)25(21)20(9)27-26-23(18(5)6)14-11-15-24(26)19(7)8;1-2/h10-19H,1-9H3;1-2H3. The Morgan fingerprint density at radius 1 is 0.586 bits per heavy atom. The monoisotopic (exact) mass is 393 g/mol. The van der Waals surface area contributed by atoms with Gasteiger partial charge in [0, 0.05) is 11.3 Å². The van der Waals surface area contributed by atoms with Crippen molar-refractivity contribution in [2.75, 3.05) is 0 Å². The smallest absolute Gasteiger partial charge is 0.0702 e. The summed E-state index contributed by atoms with van der Waals surface area (Å²) >= 11 is 0. The Morgan fingerprint density at radius 2 is 0.897 bits per heavy atom. The van der Waals surface area contributed by atoms with E-state index in [1.807, 2.05) is 13.8 Å². The lowest BCUT2D eigenvalue weighted by atomic mass is 9.86. The molecular weight excluding hydrogens is 350 g/mol. The Balaban J connectivity index is 0.00000204. The zero-order valence-corrected chi connectivity index (χ0v) is 20.7. The van der Waals surface area contributed by atoms with Crippen molar-refractivity contribution in [2.45, 2.75) is 99.8 Å². The fraction of sp³-hybridized carbons (Fsp3) is 0.536. The van der Waals surface area contributed by atoms with Gasteiger partial charge in [-0.25, -0.2) is 0 Å². The van der Waals surface area contributed by atoms with E-state index in [0.29, 0.717) is 23.7 Å². The number of para-hydroxylation sites is 1. The molecule has 0 aliphatic rings. The van der Waals surface area contributed by atoms with Crippen LogP contribution in [0.15, 0.2) is 41.4 Å². The summed E-state index contributed by atoms with van der Waals surface area (Å²) in [6.07, 6.45) is 0. The zero-order valence-electron chi connectivity index (χ0n) is 20.7. The summed E-state index contributed by atoms with van der Waals surface area (Å²) in [6, 6.07) is 13.4. The Bertz CT molecular complexity index is 755. The Morgan fingerprint density at radius 3 is 1.21 bits per heavy atom. The molecule has 0 amide bonds. The second kappa shape index (κ2) is 11.3. The van der Waals surface area contributed by atoms with E-state index in [9.17, 15) is 0 Å². The van der Waals surface area contributed by atoms with Gasteiger partial charge >= 0.3 is 0 Å². The molecule has 0 spiro atoms. The predicted octanol–water partition coefficient (Wildman–Crippen LogP) is 9.35. The van der Waals surface area contributed by atoms with Gasteiger partial charge in [0.05, 0.1) is 5.69 Å². The fourth-order valence-corrected chi connectivity index (χ4v) is 3.83. The number of aliphatic imine (C=N–C) groups is 1. The van der Waals surface area contributed by atoms with Crippen LogP contribution in [0.1, 0.15) is 128 Å². The molecule has 0 heterocycles. The molecule has 160 valence electrons. The normalized spacial score (nSPS) is 12.0. The highest BCUT2D eigenvalue weighted by Crippen LogP contribution is 2.36. The number of hydrogen-bond acceptors (Lipinski definition) is 1. The third-order valence-electron chi connectivity index (χ3n) is 5.36. The van der Waals surface area contributed by atoms with Crippen molar-refractivity contribution < 1.29 is 0 Å². The Kier molecular flexibility index (Phi) is 9.83. The number of rotatable bonds is 6. The van der Waals surface area contributed by atoms with Crippen LogP contribution in [-0.2, 0) is 0 Å². The summed E-state index contributed by atoms with van der Waals surface area (Å²) in [5, 5.41) is 0. The minimum absolute atomic E-state index is 0.458. The van der Waals surface area contributed by atoms with Gasteiger partial charge in [-0.2, -0.15) is 0 Å². The van der Waals surface area contributed by atoms with Gasteiger partial charge in [-0.3, -0.25) is 4.99 Å². The Hall–Kier alpha value is -1.89. The van der Waals surface area contributed by atoms with E-state index in [4.69, 9.17) is 4.99 Å². The summed E-state index contributed by atoms with van der Waals surface area (Å²) in [5.74, 6) is 1.88. The molecule has 1 nitrogen and oxygen atoms in total. The highest BCUT2D eigenvalue weighted by Gasteiger charge is 2.18. The lowest BCUT2D eigenvalue weighted by molar-refractivity contribution is 0.826. The highest BCUT2D eigenvalue weighted by atomic mass is 14.8. The van der Waals surface area contributed by atoms with Gasteiger partial charge in [-0.1, -0.05) is 106 Å². The molecule has 0 aliphatic carbocycles. The minimum Gasteiger partial charge on any atom is -0.253 e. The zero-order chi connectivity index (χ0) is 22.3. The molecule has 0 bridgehead atoms. The average Bonchev–Trinajstić information content (AvgIpc) is 2.68. The van der Waals surface area contributed by atoms with Gasteiger partial charge in [0.2, 0.25) is 0 Å². The van der Waals surface area contributed by atoms with Crippen LogP contribution in [0.2, 0.25) is 0 Å². The van der Waals surface area contributed by atoms with Crippen molar-refractivity contribution in [3.8, 4) is 0 Å². The van der Waals surface area contributed by atoms with Crippen LogP contribution in [0.4, 0.5) is 5.69 Å². The summed E-state index contributed by atoms with van der Waals surface area (Å²) < 4.78 is 0. The molecule has 0 saturated heterocycles. The SMILES string of the molecule is CC.CC(=Nc1c(C(C)C)cccc1C(C)C)c1c(C(C)C)cccc1C(C)C. The lowest BCUT2D eigenvalue weighted by Crippen LogP contribution is -2.09. The molecule has 2 aromatic rings. The van der Waals surface area contributed by atoms with Crippen molar-refractivity contribution >= 4 is 11.4 Å². The van der Waals surface area contributed by atoms with Crippen LogP contribution in [0.5, 0.6) is 0 Å². The molecule has 1 heteroatoms. The van der Waals surface area contributed by atoms with E-state index in [0.717, 1.165) is 5.71 Å². The van der Waals surface area contributed by atoms with Crippen LogP contribution in [0.3, 0.4) is 0 Å². The molecule has 0 saturated carbocycles. The molecular formula is C28H43N. The molecule has 2 aromatic carbocycles. The first kappa shape index (κ1) is 25.1. The summed E-state index contributed by atoms with van der Waals surface area (Å²) in [6.45, 7) is 24.3. The van der Waals surface area contributed by atoms with Crippen molar-refractivity contribution in [1.29, 1.82) is 0 Å². The quantitative estimate of drug-likeness (QED) is 0.433. The number of hydrogen-bond donors (Lipinski definition) is 0. The summed E-state index contributed by atoms with van der Waals surface area (Å²) in [5.41, 5.74) is 9.13. The largest absolute Gasteiger partial charge is 0.253 e. The molecule has 2 rings (SSSR count). The van der Waals surface area contributed by atoms with Gasteiger partial charge < -0.3 is 0 Å². The van der Waals surface area contributed by atoms with Crippen molar-refractivity contribution in [1.82, 2.24) is 0 Å². The van der Waals surface area contributed by atoms with Gasteiger partial charge in [0.25, 0.3) is 0 Å². The second-order valence-electron chi connectivity index (χ2n) is 8.91. The third kappa shape index (κ3) is 6.04. The van der Waals surface area contributed by atoms with Crippen LogP contribution in [0, 0.1) is 0 Å². The molecule has 0 atom stereocenters. The Labute approximate surface area is 180 Å². The second-order valence-corrected chi connectivity index (χ2v) is 8.91. The van der Waals surface area contributed by atoms with Crippen LogP contribution in [0.25, 0.3) is 0 Å². The summed E-state index contributed by atoms with van der Waals surface area (Å²) in [4.78, 5) is 5.27. The van der Waals surface area contributed by atoms with Crippen molar-refractivity contribution in [2.24, 2.45) is 4.99 Å². The van der Waals surface area contributed by atoms with Gasteiger partial charge in [-0.15, -0.1) is 0 Å². The average molecular weight is 394 g/mol. The van der Waals surface area contributed by atoms with Crippen LogP contribution < -0.4 is 0 Å². The maximum atomic E-state index is 5.27. The fourth-order valence-electron chi connectivity index (χ4n) is 3.83. The van der Waals surface area contributed by atoms with E-state index < -0.39 is 0 Å². The van der Waals surface area contributed by atoms with Crippen LogP contribution in [-0.4, -0.2) is 5.71 Å². The third-order valence-corrected chi connectivity index (χ3v) is 5.36. The first-order valence-corrected chi connectivity index (χ1v) is 11.5. The van der Waals surface area contributed by atoms with Gasteiger partial charge in [0.1, 0.15) is 0 Å². The number of benzene rings is 2. The van der Waals surface area contributed by atoms with E-state index in [2.05, 4.69) is 98.7 Å². The van der Waals surface area contributed by atoms with E-state index in [1.54, 1.807) is 0 Å². The molecule has 0 unspecified atom stereocenters. The molecule has 0 fully saturated rings. The van der Waals surface area contributed by atoms with E-state index in [1.165, 1.54) is 33.5 Å². The summed E-state index contributed by atoms with van der Waals surface area (Å²) in [7, 11) is 0. The van der Waals surface area contributed by atoms with Gasteiger partial charge in [-0.05, 0) is 52.8 Å². The lowest BCUT2D eigenvalue weighted by Gasteiger charge is -2.21. The van der Waals surface area contributed by atoms with E-state index in [-0.39, 0.29) is 0 Å². The minimum atomic E-state index is 0.458. The highest BCUT2D eigenvalue weighted by molar-refractivity contribution is 6.03. The first-order valence-electron chi connectivity index (χ1n) is 11.5. The first-order chi connectivity index (χ1) is 13.6. The molecule has 0 radical (unpaired) electrons. The molecule has 0 aromatic heterocycles. The molecule has 0 aliphatic heterocycles. The predicted molar refractivity (Wildman–Crippen MR) is 132 cm³/mol. The molecule has 29 heavy (non-hydrogen) atoms. The van der Waals surface area contributed by atoms with Crippen molar-refractivity contribution in [3.63, 3.8) is 0 Å². The topological polar surface area (TPSA) is 12.4 Å². The maximum Gasteiger partial charge on any atom is 0.0702 e. The van der Waals surface area contributed by atoms with E-state index >= 15 is 0 Å². The van der Waals surface area contributed by atoms with Crippen molar-refractivity contribution in [3.05, 3.63) is 64.2 Å². The molecule has 0 N–H and O–H groups in total.